The number of hydrogen-bond donors (Lipinski definition) is 1. The predicted octanol–water partition coefficient (Wildman–Crippen LogP) is 2.36. The van der Waals surface area contributed by atoms with E-state index in [2.05, 4.69) is 5.32 Å². The molecule has 2 aromatic rings. The van der Waals surface area contributed by atoms with Gasteiger partial charge in [0, 0.05) is 30.3 Å². The molecule has 3 heterocycles. The van der Waals surface area contributed by atoms with E-state index >= 15 is 0 Å². The highest BCUT2D eigenvalue weighted by molar-refractivity contribution is 5.63. The minimum atomic E-state index is -0.340. The second-order valence-electron chi connectivity index (χ2n) is 6.02. The number of piperidine rings is 1. The van der Waals surface area contributed by atoms with Gasteiger partial charge in [0.25, 0.3) is 5.56 Å². The van der Waals surface area contributed by atoms with Crippen molar-refractivity contribution in [2.24, 2.45) is 5.92 Å². The van der Waals surface area contributed by atoms with Crippen LogP contribution in [0.15, 0.2) is 41.2 Å². The SMILES string of the molecule is O=c1c(-c2ccccc2F)ccc2n1CC1CNCC2C1. The zero-order valence-corrected chi connectivity index (χ0v) is 11.7. The molecule has 2 aliphatic heterocycles. The molecule has 0 amide bonds. The summed E-state index contributed by atoms with van der Waals surface area (Å²) in [7, 11) is 0. The lowest BCUT2D eigenvalue weighted by Gasteiger charge is -2.37. The Morgan fingerprint density at radius 3 is 2.81 bits per heavy atom. The molecule has 1 saturated heterocycles. The maximum atomic E-state index is 14.0. The van der Waals surface area contributed by atoms with Crippen LogP contribution < -0.4 is 10.9 Å². The molecule has 2 aliphatic rings. The van der Waals surface area contributed by atoms with E-state index in [0.717, 1.165) is 31.7 Å². The van der Waals surface area contributed by atoms with E-state index in [4.69, 9.17) is 0 Å². The van der Waals surface area contributed by atoms with Crippen LogP contribution in [0.25, 0.3) is 11.1 Å². The molecule has 0 radical (unpaired) electrons. The summed E-state index contributed by atoms with van der Waals surface area (Å²) in [6.07, 6.45) is 1.14. The van der Waals surface area contributed by atoms with Crippen LogP contribution in [0, 0.1) is 11.7 Å². The topological polar surface area (TPSA) is 34.0 Å². The molecular weight excluding hydrogens is 267 g/mol. The second-order valence-corrected chi connectivity index (χ2v) is 6.02. The van der Waals surface area contributed by atoms with Crippen molar-refractivity contribution >= 4 is 0 Å². The highest BCUT2D eigenvalue weighted by Crippen LogP contribution is 2.32. The van der Waals surface area contributed by atoms with Crippen LogP contribution in [0.2, 0.25) is 0 Å². The lowest BCUT2D eigenvalue weighted by molar-refractivity contribution is 0.257. The molecule has 1 N–H and O–H groups in total. The Morgan fingerprint density at radius 1 is 1.10 bits per heavy atom. The summed E-state index contributed by atoms with van der Waals surface area (Å²) in [6.45, 7) is 2.63. The first-order chi connectivity index (χ1) is 10.2. The van der Waals surface area contributed by atoms with Crippen LogP contribution in [0.1, 0.15) is 18.0 Å². The molecule has 1 fully saturated rings. The molecule has 1 aromatic carbocycles. The Labute approximate surface area is 122 Å². The average molecular weight is 284 g/mol. The summed E-state index contributed by atoms with van der Waals surface area (Å²) in [4.78, 5) is 12.8. The molecular formula is C17H17FN2O. The fourth-order valence-electron chi connectivity index (χ4n) is 3.68. The molecule has 1 aromatic heterocycles. The van der Waals surface area contributed by atoms with Crippen LogP contribution in [-0.2, 0) is 6.54 Å². The van der Waals surface area contributed by atoms with Gasteiger partial charge in [-0.3, -0.25) is 4.79 Å². The Balaban J connectivity index is 1.88. The van der Waals surface area contributed by atoms with Crippen molar-refractivity contribution in [3.05, 3.63) is 58.3 Å². The first-order valence-electron chi connectivity index (χ1n) is 7.43. The Bertz CT molecular complexity index is 753. The number of rotatable bonds is 1. The molecule has 2 atom stereocenters. The summed E-state index contributed by atoms with van der Waals surface area (Å²) in [5.41, 5.74) is 1.88. The van der Waals surface area contributed by atoms with Gasteiger partial charge in [-0.2, -0.15) is 0 Å². The van der Waals surface area contributed by atoms with Crippen molar-refractivity contribution in [3.8, 4) is 11.1 Å². The Hall–Kier alpha value is -1.94. The zero-order chi connectivity index (χ0) is 14.4. The maximum Gasteiger partial charge on any atom is 0.258 e. The largest absolute Gasteiger partial charge is 0.316 e. The van der Waals surface area contributed by atoms with Gasteiger partial charge in [-0.05, 0) is 37.1 Å². The molecule has 2 bridgehead atoms. The van der Waals surface area contributed by atoms with Gasteiger partial charge in [-0.1, -0.05) is 18.2 Å². The minimum absolute atomic E-state index is 0.0609. The van der Waals surface area contributed by atoms with Crippen molar-refractivity contribution in [1.29, 1.82) is 0 Å². The van der Waals surface area contributed by atoms with Crippen LogP contribution in [0.5, 0.6) is 0 Å². The number of hydrogen-bond acceptors (Lipinski definition) is 2. The maximum absolute atomic E-state index is 14.0. The molecule has 0 saturated carbocycles. The highest BCUT2D eigenvalue weighted by atomic mass is 19.1. The molecule has 108 valence electrons. The number of aromatic nitrogens is 1. The van der Waals surface area contributed by atoms with Gasteiger partial charge in [-0.15, -0.1) is 0 Å². The van der Waals surface area contributed by atoms with Gasteiger partial charge < -0.3 is 9.88 Å². The van der Waals surface area contributed by atoms with Crippen LogP contribution in [0.3, 0.4) is 0 Å². The molecule has 4 rings (SSSR count). The summed E-state index contributed by atoms with van der Waals surface area (Å²) < 4.78 is 15.8. The fraction of sp³-hybridized carbons (Fsp3) is 0.353. The summed E-state index contributed by atoms with van der Waals surface area (Å²) >= 11 is 0. The molecule has 0 spiro atoms. The number of fused-ring (bicyclic) bond motifs is 4. The Kier molecular flexibility index (Phi) is 2.93. The number of nitrogens with zero attached hydrogens (tertiary/aromatic N) is 1. The molecule has 21 heavy (non-hydrogen) atoms. The fourth-order valence-corrected chi connectivity index (χ4v) is 3.68. The molecule has 2 unspecified atom stereocenters. The van der Waals surface area contributed by atoms with E-state index < -0.39 is 0 Å². The van der Waals surface area contributed by atoms with E-state index in [1.807, 2.05) is 10.6 Å². The van der Waals surface area contributed by atoms with Crippen molar-refractivity contribution in [2.75, 3.05) is 13.1 Å². The number of nitrogens with one attached hydrogen (secondary N) is 1. The minimum Gasteiger partial charge on any atom is -0.316 e. The van der Waals surface area contributed by atoms with E-state index in [-0.39, 0.29) is 11.4 Å². The smallest absolute Gasteiger partial charge is 0.258 e. The third-order valence-electron chi connectivity index (χ3n) is 4.67. The summed E-state index contributed by atoms with van der Waals surface area (Å²) in [5, 5.41) is 3.43. The average Bonchev–Trinajstić information content (AvgIpc) is 2.50. The monoisotopic (exact) mass is 284 g/mol. The van der Waals surface area contributed by atoms with Crippen molar-refractivity contribution in [3.63, 3.8) is 0 Å². The van der Waals surface area contributed by atoms with Crippen LogP contribution in [0.4, 0.5) is 4.39 Å². The van der Waals surface area contributed by atoms with Gasteiger partial charge in [0.05, 0.1) is 5.56 Å². The number of benzene rings is 1. The van der Waals surface area contributed by atoms with Gasteiger partial charge in [0.2, 0.25) is 0 Å². The van der Waals surface area contributed by atoms with Gasteiger partial charge >= 0.3 is 0 Å². The van der Waals surface area contributed by atoms with Crippen molar-refractivity contribution < 1.29 is 4.39 Å². The first kappa shape index (κ1) is 12.8. The summed E-state index contributed by atoms with van der Waals surface area (Å²) in [6, 6.07) is 10.3. The van der Waals surface area contributed by atoms with Crippen molar-refractivity contribution in [1.82, 2.24) is 9.88 Å². The molecule has 4 heteroatoms. The van der Waals surface area contributed by atoms with E-state index in [1.165, 1.54) is 6.07 Å². The lowest BCUT2D eigenvalue weighted by atomic mass is 9.84. The Morgan fingerprint density at radius 2 is 1.95 bits per heavy atom. The highest BCUT2D eigenvalue weighted by Gasteiger charge is 2.31. The second kappa shape index (κ2) is 4.81. The third-order valence-corrected chi connectivity index (χ3v) is 4.67. The molecule has 0 aliphatic carbocycles. The van der Waals surface area contributed by atoms with Crippen molar-refractivity contribution in [2.45, 2.75) is 18.9 Å². The van der Waals surface area contributed by atoms with Gasteiger partial charge in [-0.25, -0.2) is 4.39 Å². The zero-order valence-electron chi connectivity index (χ0n) is 11.7. The van der Waals surface area contributed by atoms with E-state index in [9.17, 15) is 9.18 Å². The lowest BCUT2D eigenvalue weighted by Crippen LogP contribution is -2.45. The third kappa shape index (κ3) is 2.02. The van der Waals surface area contributed by atoms with Gasteiger partial charge in [0.15, 0.2) is 0 Å². The van der Waals surface area contributed by atoms with Crippen LogP contribution in [-0.4, -0.2) is 17.7 Å². The quantitative estimate of drug-likeness (QED) is 0.872. The number of pyridine rings is 1. The van der Waals surface area contributed by atoms with E-state index in [0.29, 0.717) is 23.0 Å². The van der Waals surface area contributed by atoms with Crippen LogP contribution >= 0.6 is 0 Å². The van der Waals surface area contributed by atoms with E-state index in [1.54, 1.807) is 24.3 Å². The summed E-state index contributed by atoms with van der Waals surface area (Å²) in [5.74, 6) is 0.567. The molecule has 3 nitrogen and oxygen atoms in total. The normalized spacial score (nSPS) is 23.7. The predicted molar refractivity (Wildman–Crippen MR) is 79.8 cm³/mol. The van der Waals surface area contributed by atoms with Gasteiger partial charge in [0.1, 0.15) is 5.82 Å². The number of halogens is 1. The standard InChI is InChI=1S/C17H17FN2O/c18-15-4-2-1-3-13(15)14-5-6-16-12-7-11(8-19-9-12)10-20(16)17(14)21/h1-6,11-12,19H,7-10H2. The first-order valence-corrected chi connectivity index (χ1v) is 7.43.